The summed E-state index contributed by atoms with van der Waals surface area (Å²) in [7, 11) is -4.18. The number of nitrogens with zero attached hydrogens (tertiary/aromatic N) is 2. The van der Waals surface area contributed by atoms with Crippen LogP contribution in [0.1, 0.15) is 56.3 Å². The summed E-state index contributed by atoms with van der Waals surface area (Å²) in [6.07, 6.45) is 3.45. The second-order valence-corrected chi connectivity index (χ2v) is 9.97. The molecule has 0 aromatic heterocycles. The first-order valence-electron chi connectivity index (χ1n) is 11.0. The van der Waals surface area contributed by atoms with Crippen molar-refractivity contribution in [2.45, 2.75) is 56.4 Å². The second-order valence-electron chi connectivity index (χ2n) is 8.06. The van der Waals surface area contributed by atoms with E-state index in [0.717, 1.165) is 41.8 Å². The summed E-state index contributed by atoms with van der Waals surface area (Å²) in [4.78, 5) is 48.8. The predicted molar refractivity (Wildman–Crippen MR) is 116 cm³/mol. The van der Waals surface area contributed by atoms with Gasteiger partial charge in [0.15, 0.2) is 6.61 Å². The molecule has 34 heavy (non-hydrogen) atoms. The predicted octanol–water partition coefficient (Wildman–Crippen LogP) is 1.30. The van der Waals surface area contributed by atoms with Crippen LogP contribution in [0.2, 0.25) is 0 Å². The average molecular weight is 499 g/mol. The number of nitrogens with one attached hydrogen (secondary N) is 2. The average Bonchev–Trinajstić information content (AvgIpc) is 3.02. The summed E-state index contributed by atoms with van der Waals surface area (Å²) >= 11 is 0. The summed E-state index contributed by atoms with van der Waals surface area (Å²) < 4.78 is 45.4. The molecule has 11 nitrogen and oxygen atoms in total. The topological polar surface area (TPSA) is 142 Å². The largest absolute Gasteiger partial charge is 0.452 e. The number of ether oxygens (including phenoxy) is 1. The van der Waals surface area contributed by atoms with Gasteiger partial charge < -0.3 is 10.1 Å². The van der Waals surface area contributed by atoms with Crippen molar-refractivity contribution in [1.29, 1.82) is 0 Å². The molecule has 2 fully saturated rings. The van der Waals surface area contributed by atoms with Gasteiger partial charge in [0, 0.05) is 13.1 Å². The highest BCUT2D eigenvalue weighted by molar-refractivity contribution is 7.89. The zero-order valence-electron chi connectivity index (χ0n) is 18.9. The summed E-state index contributed by atoms with van der Waals surface area (Å²) in [6, 6.07) is 1.93. The third-order valence-corrected chi connectivity index (χ3v) is 7.99. The van der Waals surface area contributed by atoms with E-state index >= 15 is 0 Å². The molecule has 2 aliphatic rings. The number of urea groups is 1. The van der Waals surface area contributed by atoms with Crippen LogP contribution >= 0.6 is 0 Å². The molecule has 2 N–H and O–H groups in total. The van der Waals surface area contributed by atoms with Gasteiger partial charge in [-0.3, -0.25) is 15.0 Å². The van der Waals surface area contributed by atoms with Crippen molar-refractivity contribution in [1.82, 2.24) is 20.1 Å². The van der Waals surface area contributed by atoms with Crippen molar-refractivity contribution in [2.24, 2.45) is 0 Å². The highest BCUT2D eigenvalue weighted by Crippen LogP contribution is 2.33. The quantitative estimate of drug-likeness (QED) is 0.406. The molecule has 4 amide bonds. The van der Waals surface area contributed by atoms with E-state index in [0.29, 0.717) is 17.9 Å². The highest BCUT2D eigenvalue weighted by Gasteiger charge is 2.52. The summed E-state index contributed by atoms with van der Waals surface area (Å²) in [5, 5.41) is 3.21. The van der Waals surface area contributed by atoms with Crippen LogP contribution in [-0.4, -0.2) is 66.8 Å². The molecule has 1 saturated heterocycles. The number of halogens is 1. The number of carbonyl (C=O) groups excluding carboxylic acids is 4. The molecule has 1 aliphatic carbocycles. The number of amides is 4. The van der Waals surface area contributed by atoms with E-state index in [1.54, 1.807) is 13.8 Å². The lowest BCUT2D eigenvalue weighted by Crippen LogP contribution is -2.51. The Balaban J connectivity index is 1.64. The van der Waals surface area contributed by atoms with Crippen LogP contribution < -0.4 is 10.7 Å². The number of imide groups is 1. The smallest absolute Gasteiger partial charge is 0.344 e. The van der Waals surface area contributed by atoms with Crippen molar-refractivity contribution in [2.75, 3.05) is 19.7 Å². The Labute approximate surface area is 196 Å². The van der Waals surface area contributed by atoms with E-state index in [1.807, 2.05) is 0 Å². The van der Waals surface area contributed by atoms with Crippen LogP contribution in [0.5, 0.6) is 0 Å². The van der Waals surface area contributed by atoms with Gasteiger partial charge in [0.1, 0.15) is 16.3 Å². The van der Waals surface area contributed by atoms with Crippen LogP contribution in [0, 0.1) is 5.82 Å². The first kappa shape index (κ1) is 25.6. The van der Waals surface area contributed by atoms with Crippen LogP contribution in [0.25, 0.3) is 0 Å². The first-order valence-corrected chi connectivity index (χ1v) is 12.4. The minimum Gasteiger partial charge on any atom is -0.452 e. The van der Waals surface area contributed by atoms with Gasteiger partial charge in [-0.2, -0.15) is 9.31 Å². The van der Waals surface area contributed by atoms with Crippen molar-refractivity contribution in [3.63, 3.8) is 0 Å². The van der Waals surface area contributed by atoms with Gasteiger partial charge in [0.25, 0.3) is 11.8 Å². The van der Waals surface area contributed by atoms with Crippen LogP contribution in [-0.2, 0) is 24.3 Å². The second kappa shape index (κ2) is 10.1. The van der Waals surface area contributed by atoms with E-state index in [1.165, 1.54) is 0 Å². The molecule has 1 aromatic rings. The maximum atomic E-state index is 14.2. The molecule has 1 saturated carbocycles. The summed E-state index contributed by atoms with van der Waals surface area (Å²) in [5.74, 6) is -3.62. The minimum absolute atomic E-state index is 0.108. The SMILES string of the molecule is CCN(CC)S(=O)(=O)c1cc(C(=O)OCC(=O)NN2C(=O)NC3(CCCCC3)C2=O)ccc1F. The fourth-order valence-electron chi connectivity index (χ4n) is 4.12. The number of hydrazine groups is 1. The van der Waals surface area contributed by atoms with Crippen molar-refractivity contribution in [3.8, 4) is 0 Å². The third-order valence-electron chi connectivity index (χ3n) is 5.93. The van der Waals surface area contributed by atoms with Gasteiger partial charge in [-0.25, -0.2) is 22.4 Å². The Hall–Kier alpha value is -3.06. The van der Waals surface area contributed by atoms with Gasteiger partial charge >= 0.3 is 12.0 Å². The number of hydrogen-bond acceptors (Lipinski definition) is 7. The Kier molecular flexibility index (Phi) is 7.56. The molecule has 0 radical (unpaired) electrons. The first-order chi connectivity index (χ1) is 16.1. The van der Waals surface area contributed by atoms with Crippen molar-refractivity contribution in [3.05, 3.63) is 29.6 Å². The number of hydrogen-bond donors (Lipinski definition) is 2. The molecular weight excluding hydrogens is 471 g/mol. The number of carbonyl (C=O) groups is 4. The monoisotopic (exact) mass is 498 g/mol. The van der Waals surface area contributed by atoms with Crippen LogP contribution in [0.4, 0.5) is 9.18 Å². The Morgan fingerprint density at radius 3 is 2.44 bits per heavy atom. The van der Waals surface area contributed by atoms with Gasteiger partial charge in [-0.05, 0) is 31.0 Å². The maximum Gasteiger partial charge on any atom is 0.344 e. The van der Waals surface area contributed by atoms with E-state index in [9.17, 15) is 32.0 Å². The lowest BCUT2D eigenvalue weighted by atomic mass is 9.82. The number of esters is 1. The third kappa shape index (κ3) is 4.89. The Morgan fingerprint density at radius 1 is 1.18 bits per heavy atom. The molecule has 1 aromatic carbocycles. The molecule has 1 spiro atoms. The molecular formula is C21H27FN4O7S. The molecule has 3 rings (SSSR count). The van der Waals surface area contributed by atoms with Gasteiger partial charge in [-0.15, -0.1) is 0 Å². The normalized spacial score (nSPS) is 17.7. The van der Waals surface area contributed by atoms with Gasteiger partial charge in [-0.1, -0.05) is 33.1 Å². The van der Waals surface area contributed by atoms with E-state index < -0.39 is 56.7 Å². The van der Waals surface area contributed by atoms with Gasteiger partial charge in [0.05, 0.1) is 5.56 Å². The molecule has 0 bridgehead atoms. The molecule has 1 aliphatic heterocycles. The fourth-order valence-corrected chi connectivity index (χ4v) is 5.67. The maximum absolute atomic E-state index is 14.2. The van der Waals surface area contributed by atoms with Crippen LogP contribution in [0.15, 0.2) is 23.1 Å². The van der Waals surface area contributed by atoms with E-state index in [-0.39, 0.29) is 18.7 Å². The summed E-state index contributed by atoms with van der Waals surface area (Å²) in [6.45, 7) is 2.56. The van der Waals surface area contributed by atoms with E-state index in [2.05, 4.69) is 10.7 Å². The molecule has 186 valence electrons. The van der Waals surface area contributed by atoms with Crippen molar-refractivity contribution < 1.29 is 36.7 Å². The van der Waals surface area contributed by atoms with Crippen molar-refractivity contribution >= 4 is 33.8 Å². The van der Waals surface area contributed by atoms with E-state index in [4.69, 9.17) is 4.74 Å². The van der Waals surface area contributed by atoms with Gasteiger partial charge in [0.2, 0.25) is 10.0 Å². The number of rotatable bonds is 8. The highest BCUT2D eigenvalue weighted by atomic mass is 32.2. The summed E-state index contributed by atoms with van der Waals surface area (Å²) in [5.41, 5.74) is 0.816. The Bertz CT molecular complexity index is 1100. The lowest BCUT2D eigenvalue weighted by Gasteiger charge is -2.30. The minimum atomic E-state index is -4.18. The Morgan fingerprint density at radius 2 is 1.82 bits per heavy atom. The fraction of sp³-hybridized carbons (Fsp3) is 0.524. The molecule has 1 heterocycles. The molecule has 0 unspecified atom stereocenters. The molecule has 0 atom stereocenters. The lowest BCUT2D eigenvalue weighted by molar-refractivity contribution is -0.140. The molecule has 13 heteroatoms. The van der Waals surface area contributed by atoms with Crippen LogP contribution in [0.3, 0.4) is 0 Å². The zero-order valence-corrected chi connectivity index (χ0v) is 19.7. The number of sulfonamides is 1. The number of benzene rings is 1. The standard InChI is InChI=1S/C21H27FN4O7S/c1-3-25(4-2)34(31,32)16-12-14(8-9-15(16)22)18(28)33-13-17(27)24-26-19(29)21(23-20(26)30)10-6-5-7-11-21/h8-9,12H,3-7,10-11,13H2,1-2H3,(H,23,30)(H,24,27). The zero-order chi connectivity index (χ0) is 25.1.